The Balaban J connectivity index is 1.80. The van der Waals surface area contributed by atoms with Crippen molar-refractivity contribution in [1.29, 1.82) is 5.26 Å². The van der Waals surface area contributed by atoms with Crippen molar-refractivity contribution in [3.05, 3.63) is 0 Å². The average molecular weight is 193 g/mol. The first-order valence-electron chi connectivity index (χ1n) is 5.84. The van der Waals surface area contributed by atoms with Crippen LogP contribution in [-0.2, 0) is 4.74 Å². The van der Waals surface area contributed by atoms with Crippen LogP contribution in [0.25, 0.3) is 0 Å². The summed E-state index contributed by atoms with van der Waals surface area (Å²) in [5.41, 5.74) is -0.122. The maximum atomic E-state index is 9.16. The van der Waals surface area contributed by atoms with Gasteiger partial charge >= 0.3 is 0 Å². The largest absolute Gasteiger partial charge is 0.380 e. The Kier molecular flexibility index (Phi) is 3.08. The molecule has 1 aliphatic carbocycles. The number of ether oxygens (including phenoxy) is 1. The normalized spacial score (nSPS) is 33.4. The fourth-order valence-electron chi connectivity index (χ4n) is 2.73. The van der Waals surface area contributed by atoms with Crippen molar-refractivity contribution in [3.63, 3.8) is 0 Å². The van der Waals surface area contributed by atoms with Gasteiger partial charge in [-0.05, 0) is 25.2 Å². The highest BCUT2D eigenvalue weighted by atomic mass is 16.5. The topological polar surface area (TPSA) is 33.0 Å². The van der Waals surface area contributed by atoms with Crippen molar-refractivity contribution in [2.75, 3.05) is 13.2 Å². The standard InChI is InChI=1S/C12H19NO/c13-9-12(7-8-14-10-12)6-5-11-3-1-2-4-11/h11H,1-8,10H2. The number of hydrogen-bond acceptors (Lipinski definition) is 2. The van der Waals surface area contributed by atoms with E-state index in [-0.39, 0.29) is 5.41 Å². The summed E-state index contributed by atoms with van der Waals surface area (Å²) >= 11 is 0. The Morgan fingerprint density at radius 1 is 1.36 bits per heavy atom. The van der Waals surface area contributed by atoms with E-state index >= 15 is 0 Å². The summed E-state index contributed by atoms with van der Waals surface area (Å²) in [6.07, 6.45) is 8.85. The predicted molar refractivity (Wildman–Crippen MR) is 54.7 cm³/mol. The third kappa shape index (κ3) is 2.09. The van der Waals surface area contributed by atoms with E-state index in [4.69, 9.17) is 10.00 Å². The van der Waals surface area contributed by atoms with Gasteiger partial charge in [0.15, 0.2) is 0 Å². The van der Waals surface area contributed by atoms with Gasteiger partial charge in [0.25, 0.3) is 0 Å². The Labute approximate surface area is 86.2 Å². The Bertz CT molecular complexity index is 219. The zero-order valence-corrected chi connectivity index (χ0v) is 8.80. The van der Waals surface area contributed by atoms with E-state index in [9.17, 15) is 0 Å². The second-order valence-electron chi connectivity index (χ2n) is 4.88. The molecule has 0 N–H and O–H groups in total. The molecule has 2 nitrogen and oxygen atoms in total. The van der Waals surface area contributed by atoms with Gasteiger partial charge in [-0.25, -0.2) is 0 Å². The minimum Gasteiger partial charge on any atom is -0.380 e. The van der Waals surface area contributed by atoms with Crippen LogP contribution in [0.5, 0.6) is 0 Å². The molecule has 14 heavy (non-hydrogen) atoms. The Hall–Kier alpha value is -0.550. The van der Waals surface area contributed by atoms with Gasteiger partial charge < -0.3 is 4.74 Å². The van der Waals surface area contributed by atoms with Crippen molar-refractivity contribution >= 4 is 0 Å². The van der Waals surface area contributed by atoms with Crippen LogP contribution in [0.2, 0.25) is 0 Å². The smallest absolute Gasteiger partial charge is 0.0828 e. The first-order valence-corrected chi connectivity index (χ1v) is 5.84. The summed E-state index contributed by atoms with van der Waals surface area (Å²) in [5.74, 6) is 0.904. The Morgan fingerprint density at radius 3 is 2.71 bits per heavy atom. The number of nitrogens with zero attached hydrogens (tertiary/aromatic N) is 1. The van der Waals surface area contributed by atoms with E-state index < -0.39 is 0 Å². The molecule has 0 aromatic rings. The summed E-state index contributed by atoms with van der Waals surface area (Å²) in [5, 5.41) is 9.16. The highest BCUT2D eigenvalue weighted by molar-refractivity contribution is 5.01. The van der Waals surface area contributed by atoms with E-state index in [0.717, 1.165) is 25.4 Å². The molecule has 0 radical (unpaired) electrons. The summed E-state index contributed by atoms with van der Waals surface area (Å²) in [6, 6.07) is 2.48. The molecule has 1 atom stereocenters. The van der Waals surface area contributed by atoms with E-state index in [1.807, 2.05) is 0 Å². The molecule has 2 fully saturated rings. The first kappa shape index (κ1) is 9.98. The summed E-state index contributed by atoms with van der Waals surface area (Å²) in [6.45, 7) is 1.47. The lowest BCUT2D eigenvalue weighted by atomic mass is 9.81. The molecule has 2 aliphatic rings. The third-order valence-corrected chi connectivity index (χ3v) is 3.85. The molecular weight excluding hydrogens is 174 g/mol. The molecule has 1 heterocycles. The van der Waals surface area contributed by atoms with Gasteiger partial charge in [-0.15, -0.1) is 0 Å². The van der Waals surface area contributed by atoms with Crippen LogP contribution in [0.4, 0.5) is 0 Å². The van der Waals surface area contributed by atoms with Gasteiger partial charge in [-0.2, -0.15) is 5.26 Å². The van der Waals surface area contributed by atoms with E-state index in [2.05, 4.69) is 6.07 Å². The third-order valence-electron chi connectivity index (χ3n) is 3.85. The van der Waals surface area contributed by atoms with E-state index in [1.54, 1.807) is 0 Å². The average Bonchev–Trinajstić information content (AvgIpc) is 2.87. The fourth-order valence-corrected chi connectivity index (χ4v) is 2.73. The van der Waals surface area contributed by atoms with Crippen molar-refractivity contribution < 1.29 is 4.74 Å². The molecule has 0 aromatic carbocycles. The van der Waals surface area contributed by atoms with Gasteiger partial charge in [0.05, 0.1) is 18.1 Å². The second-order valence-corrected chi connectivity index (χ2v) is 4.88. The van der Waals surface area contributed by atoms with Gasteiger partial charge in [0.1, 0.15) is 0 Å². The molecule has 0 aromatic heterocycles. The van der Waals surface area contributed by atoms with Crippen LogP contribution in [0, 0.1) is 22.7 Å². The van der Waals surface area contributed by atoms with Crippen LogP contribution in [0.3, 0.4) is 0 Å². The number of hydrogen-bond donors (Lipinski definition) is 0. The van der Waals surface area contributed by atoms with Crippen LogP contribution in [0.15, 0.2) is 0 Å². The molecule has 1 aliphatic heterocycles. The lowest BCUT2D eigenvalue weighted by molar-refractivity contribution is 0.165. The van der Waals surface area contributed by atoms with Crippen molar-refractivity contribution in [1.82, 2.24) is 0 Å². The molecule has 2 heteroatoms. The lowest BCUT2D eigenvalue weighted by Crippen LogP contribution is -2.19. The lowest BCUT2D eigenvalue weighted by Gasteiger charge is -2.20. The monoisotopic (exact) mass is 193 g/mol. The summed E-state index contributed by atoms with van der Waals surface area (Å²) < 4.78 is 5.34. The summed E-state index contributed by atoms with van der Waals surface area (Å²) in [4.78, 5) is 0. The molecule has 1 saturated heterocycles. The van der Waals surface area contributed by atoms with Gasteiger partial charge in [0, 0.05) is 6.61 Å². The van der Waals surface area contributed by atoms with Crippen LogP contribution < -0.4 is 0 Å². The highest BCUT2D eigenvalue weighted by Gasteiger charge is 2.35. The molecule has 2 rings (SSSR count). The quantitative estimate of drug-likeness (QED) is 0.690. The van der Waals surface area contributed by atoms with Crippen molar-refractivity contribution in [2.24, 2.45) is 11.3 Å². The maximum absolute atomic E-state index is 9.16. The van der Waals surface area contributed by atoms with Crippen molar-refractivity contribution in [2.45, 2.75) is 44.9 Å². The molecule has 0 amide bonds. The second kappa shape index (κ2) is 4.31. The van der Waals surface area contributed by atoms with Crippen LogP contribution in [0.1, 0.15) is 44.9 Å². The molecular formula is C12H19NO. The minimum absolute atomic E-state index is 0.122. The summed E-state index contributed by atoms with van der Waals surface area (Å²) in [7, 11) is 0. The zero-order chi connectivity index (χ0) is 9.86. The first-order chi connectivity index (χ1) is 6.85. The molecule has 1 unspecified atom stereocenters. The predicted octanol–water partition coefficient (Wildman–Crippen LogP) is 2.89. The van der Waals surface area contributed by atoms with Gasteiger partial charge in [-0.1, -0.05) is 25.7 Å². The molecule has 1 saturated carbocycles. The molecule has 0 bridgehead atoms. The number of nitriles is 1. The SMILES string of the molecule is N#CC1(CCC2CCCC2)CCOC1. The van der Waals surface area contributed by atoms with Crippen molar-refractivity contribution in [3.8, 4) is 6.07 Å². The number of rotatable bonds is 3. The zero-order valence-electron chi connectivity index (χ0n) is 8.80. The van der Waals surface area contributed by atoms with Crippen LogP contribution >= 0.6 is 0 Å². The Morgan fingerprint density at radius 2 is 2.14 bits per heavy atom. The highest BCUT2D eigenvalue weighted by Crippen LogP contribution is 2.37. The fraction of sp³-hybridized carbons (Fsp3) is 0.917. The molecule has 78 valence electrons. The minimum atomic E-state index is -0.122. The maximum Gasteiger partial charge on any atom is 0.0828 e. The van der Waals surface area contributed by atoms with E-state index in [1.165, 1.54) is 32.1 Å². The van der Waals surface area contributed by atoms with Gasteiger partial charge in [0.2, 0.25) is 0 Å². The molecule has 0 spiro atoms. The van der Waals surface area contributed by atoms with Gasteiger partial charge in [-0.3, -0.25) is 0 Å². The van der Waals surface area contributed by atoms with E-state index in [0.29, 0.717) is 6.61 Å². The van der Waals surface area contributed by atoms with Crippen LogP contribution in [-0.4, -0.2) is 13.2 Å².